The van der Waals surface area contributed by atoms with Crippen LogP contribution in [0.1, 0.15) is 46.4 Å². The highest BCUT2D eigenvalue weighted by Gasteiger charge is 2.44. The number of fused-ring (bicyclic) bond motifs is 1. The van der Waals surface area contributed by atoms with E-state index in [0.29, 0.717) is 11.6 Å². The molecule has 3 saturated heterocycles. The molecular formula is C24H29N5O6. The van der Waals surface area contributed by atoms with Crippen molar-refractivity contribution in [2.75, 3.05) is 50.7 Å². The maximum Gasteiger partial charge on any atom is 0.317 e. The number of piperidine rings is 2. The van der Waals surface area contributed by atoms with Crippen LogP contribution in [0.25, 0.3) is 0 Å². The predicted molar refractivity (Wildman–Crippen MR) is 124 cm³/mol. The second-order valence-electron chi connectivity index (χ2n) is 9.60. The number of aliphatic carboxylic acids is 1. The van der Waals surface area contributed by atoms with E-state index in [9.17, 15) is 24.0 Å². The molecule has 35 heavy (non-hydrogen) atoms. The summed E-state index contributed by atoms with van der Waals surface area (Å²) >= 11 is 0. The quantitative estimate of drug-likeness (QED) is 0.545. The van der Waals surface area contributed by atoms with Gasteiger partial charge in [0.1, 0.15) is 6.04 Å². The van der Waals surface area contributed by atoms with Gasteiger partial charge in [0, 0.05) is 57.4 Å². The zero-order valence-corrected chi connectivity index (χ0v) is 19.4. The minimum absolute atomic E-state index is 0.0952. The van der Waals surface area contributed by atoms with Crippen molar-refractivity contribution < 1.29 is 29.1 Å². The largest absolute Gasteiger partial charge is 0.480 e. The summed E-state index contributed by atoms with van der Waals surface area (Å²) in [6.07, 6.45) is 2.15. The van der Waals surface area contributed by atoms with Crippen molar-refractivity contribution in [1.29, 1.82) is 0 Å². The lowest BCUT2D eigenvalue weighted by Crippen LogP contribution is -2.54. The molecule has 186 valence electrons. The first-order valence-corrected chi connectivity index (χ1v) is 12.1. The second-order valence-corrected chi connectivity index (χ2v) is 9.60. The maximum absolute atomic E-state index is 13.1. The fourth-order valence-electron chi connectivity index (χ4n) is 5.63. The van der Waals surface area contributed by atoms with Gasteiger partial charge >= 0.3 is 5.97 Å². The minimum atomic E-state index is -0.964. The number of amides is 4. The highest BCUT2D eigenvalue weighted by Crippen LogP contribution is 2.31. The second kappa shape index (κ2) is 9.38. The van der Waals surface area contributed by atoms with Crippen molar-refractivity contribution in [1.82, 2.24) is 20.0 Å². The molecule has 0 radical (unpaired) electrons. The molecule has 1 aromatic carbocycles. The Morgan fingerprint density at radius 2 is 1.60 bits per heavy atom. The van der Waals surface area contributed by atoms with Crippen LogP contribution in [-0.2, 0) is 14.4 Å². The summed E-state index contributed by atoms with van der Waals surface area (Å²) in [5.41, 5.74) is 1.45. The zero-order chi connectivity index (χ0) is 24.7. The lowest BCUT2D eigenvalue weighted by atomic mass is 10.0. The number of likely N-dealkylation sites (tertiary alicyclic amines) is 1. The van der Waals surface area contributed by atoms with Crippen molar-refractivity contribution in [3.05, 3.63) is 29.3 Å². The van der Waals surface area contributed by atoms with E-state index in [4.69, 9.17) is 5.11 Å². The Bertz CT molecular complexity index is 1070. The maximum atomic E-state index is 13.1. The summed E-state index contributed by atoms with van der Waals surface area (Å²) in [4.78, 5) is 68.3. The molecule has 1 aromatic rings. The highest BCUT2D eigenvalue weighted by atomic mass is 16.4. The Morgan fingerprint density at radius 3 is 2.26 bits per heavy atom. The number of imide groups is 2. The molecule has 0 aliphatic carbocycles. The summed E-state index contributed by atoms with van der Waals surface area (Å²) in [7, 11) is 0. The first kappa shape index (κ1) is 23.4. The Morgan fingerprint density at radius 1 is 0.914 bits per heavy atom. The lowest BCUT2D eigenvalue weighted by Gasteiger charge is -2.43. The number of benzene rings is 1. The minimum Gasteiger partial charge on any atom is -0.480 e. The van der Waals surface area contributed by atoms with Gasteiger partial charge in [-0.15, -0.1) is 0 Å². The van der Waals surface area contributed by atoms with Gasteiger partial charge in [-0.25, -0.2) is 0 Å². The number of carboxylic acid groups (broad SMARTS) is 1. The first-order valence-electron chi connectivity index (χ1n) is 12.1. The molecular weight excluding hydrogens is 454 g/mol. The molecule has 4 amide bonds. The summed E-state index contributed by atoms with van der Waals surface area (Å²) in [5.74, 6) is -2.78. The topological polar surface area (TPSA) is 131 Å². The van der Waals surface area contributed by atoms with E-state index in [1.807, 2.05) is 11.0 Å². The van der Waals surface area contributed by atoms with Gasteiger partial charge in [0.15, 0.2) is 0 Å². The van der Waals surface area contributed by atoms with Gasteiger partial charge < -0.3 is 10.0 Å². The van der Waals surface area contributed by atoms with Crippen LogP contribution in [0.5, 0.6) is 0 Å². The normalized spacial score (nSPS) is 24.6. The number of carboxylic acids is 1. The number of carbonyl (C=O) groups excluding carboxylic acids is 4. The van der Waals surface area contributed by atoms with E-state index in [1.54, 1.807) is 12.1 Å². The van der Waals surface area contributed by atoms with Crippen molar-refractivity contribution in [2.24, 2.45) is 0 Å². The number of anilines is 1. The van der Waals surface area contributed by atoms with E-state index in [1.165, 1.54) is 0 Å². The number of nitrogens with one attached hydrogen (secondary N) is 1. The first-order chi connectivity index (χ1) is 16.8. The van der Waals surface area contributed by atoms with Crippen molar-refractivity contribution >= 4 is 35.3 Å². The van der Waals surface area contributed by atoms with E-state index in [2.05, 4.69) is 15.1 Å². The number of rotatable bonds is 5. The zero-order valence-electron chi connectivity index (χ0n) is 19.4. The van der Waals surface area contributed by atoms with Crippen molar-refractivity contribution in [3.8, 4) is 0 Å². The Labute approximate surface area is 202 Å². The average Bonchev–Trinajstić information content (AvgIpc) is 3.09. The molecule has 11 heteroatoms. The van der Waals surface area contributed by atoms with Gasteiger partial charge in [-0.3, -0.25) is 44.0 Å². The van der Waals surface area contributed by atoms with Crippen molar-refractivity contribution in [3.63, 3.8) is 0 Å². The lowest BCUT2D eigenvalue weighted by molar-refractivity contribution is -0.139. The average molecular weight is 484 g/mol. The molecule has 0 spiro atoms. The Balaban J connectivity index is 1.21. The van der Waals surface area contributed by atoms with E-state index in [0.717, 1.165) is 62.7 Å². The third-order valence-electron chi connectivity index (χ3n) is 7.54. The highest BCUT2D eigenvalue weighted by molar-refractivity contribution is 6.23. The molecule has 1 unspecified atom stereocenters. The van der Waals surface area contributed by atoms with Crippen molar-refractivity contribution in [2.45, 2.75) is 37.8 Å². The summed E-state index contributed by atoms with van der Waals surface area (Å²) < 4.78 is 0. The molecule has 11 nitrogen and oxygen atoms in total. The molecule has 2 N–H and O–H groups in total. The van der Waals surface area contributed by atoms with Crippen LogP contribution in [0, 0.1) is 0 Å². The van der Waals surface area contributed by atoms with Crippen LogP contribution in [0.3, 0.4) is 0 Å². The number of piperazine rings is 1. The van der Waals surface area contributed by atoms with E-state index >= 15 is 0 Å². The third-order valence-corrected chi connectivity index (χ3v) is 7.54. The van der Waals surface area contributed by atoms with Gasteiger partial charge in [0.25, 0.3) is 11.8 Å². The number of hydrogen-bond acceptors (Lipinski definition) is 8. The van der Waals surface area contributed by atoms with E-state index in [-0.39, 0.29) is 24.9 Å². The van der Waals surface area contributed by atoms with Gasteiger partial charge in [0.05, 0.1) is 17.7 Å². The van der Waals surface area contributed by atoms with E-state index < -0.39 is 35.6 Å². The van der Waals surface area contributed by atoms with Crippen LogP contribution in [-0.4, -0.2) is 107 Å². The SMILES string of the molecule is O=C(O)CN1CCC(N2CCN(c3ccc4c(c3)C(=O)N(C3CCC(=O)NC3=O)C4=O)CC2)CC1. The van der Waals surface area contributed by atoms with Crippen LogP contribution >= 0.6 is 0 Å². The molecule has 4 aliphatic rings. The third kappa shape index (κ3) is 4.53. The molecule has 0 bridgehead atoms. The number of hydrogen-bond donors (Lipinski definition) is 2. The fourth-order valence-corrected chi connectivity index (χ4v) is 5.63. The molecule has 5 rings (SSSR count). The van der Waals surface area contributed by atoms with Gasteiger partial charge in [0.2, 0.25) is 11.8 Å². The Kier molecular flexibility index (Phi) is 6.28. The summed E-state index contributed by atoms with van der Waals surface area (Å²) in [6.45, 7) is 5.00. The molecule has 1 atom stereocenters. The van der Waals surface area contributed by atoms with Crippen LogP contribution < -0.4 is 10.2 Å². The van der Waals surface area contributed by atoms with Gasteiger partial charge in [-0.2, -0.15) is 0 Å². The predicted octanol–water partition coefficient (Wildman–Crippen LogP) is -0.241. The molecule has 0 aromatic heterocycles. The standard InChI is InChI=1S/C24H29N5O6/c30-20-4-3-19(22(33)25-20)29-23(34)17-2-1-16(13-18(17)24(29)35)28-11-9-27(10-12-28)15-5-7-26(8-6-15)14-21(31)32/h1-2,13,15,19H,3-12,14H2,(H,31,32)(H,25,30,33). The van der Waals surface area contributed by atoms with Crippen LogP contribution in [0.2, 0.25) is 0 Å². The molecule has 3 fully saturated rings. The Hall–Kier alpha value is -3.31. The van der Waals surface area contributed by atoms with Gasteiger partial charge in [-0.1, -0.05) is 0 Å². The summed E-state index contributed by atoms with van der Waals surface area (Å²) in [5, 5.41) is 11.2. The molecule has 0 saturated carbocycles. The van der Waals surface area contributed by atoms with Crippen LogP contribution in [0.4, 0.5) is 5.69 Å². The monoisotopic (exact) mass is 483 g/mol. The smallest absolute Gasteiger partial charge is 0.317 e. The van der Waals surface area contributed by atoms with Gasteiger partial charge in [-0.05, 0) is 37.5 Å². The molecule has 4 aliphatic heterocycles. The molecule has 4 heterocycles. The van der Waals surface area contributed by atoms with Crippen LogP contribution in [0.15, 0.2) is 18.2 Å². The number of nitrogens with zero attached hydrogens (tertiary/aromatic N) is 4. The summed E-state index contributed by atoms with van der Waals surface area (Å²) in [6, 6.07) is 4.72. The number of carbonyl (C=O) groups is 5. The fraction of sp³-hybridized carbons (Fsp3) is 0.542.